The molecule has 0 saturated heterocycles. The molecule has 14 heavy (non-hydrogen) atoms. The van der Waals surface area contributed by atoms with Gasteiger partial charge < -0.3 is 5.32 Å². The average molecular weight is 213 g/mol. The van der Waals surface area contributed by atoms with E-state index in [-0.39, 0.29) is 17.1 Å². The van der Waals surface area contributed by atoms with Crippen LogP contribution < -0.4 is 5.32 Å². The molecule has 0 saturated carbocycles. The lowest BCUT2D eigenvalue weighted by Gasteiger charge is -2.13. The number of nitrogens with one attached hydrogen (secondary N) is 1. The van der Waals surface area contributed by atoms with E-state index < -0.39 is 10.8 Å². The van der Waals surface area contributed by atoms with Gasteiger partial charge in [-0.2, -0.15) is 0 Å². The van der Waals surface area contributed by atoms with E-state index in [1.807, 2.05) is 13.0 Å². The second kappa shape index (κ2) is 3.44. The predicted octanol–water partition coefficient (Wildman–Crippen LogP) is 1.60. The van der Waals surface area contributed by atoms with Crippen LogP contribution in [0.2, 0.25) is 0 Å². The lowest BCUT2D eigenvalue weighted by Crippen LogP contribution is -2.24. The lowest BCUT2D eigenvalue weighted by atomic mass is 10.1. The minimum atomic E-state index is -1.22. The summed E-state index contributed by atoms with van der Waals surface area (Å²) in [6.07, 6.45) is 0. The van der Waals surface area contributed by atoms with Crippen molar-refractivity contribution >= 4 is 10.8 Å². The maximum Gasteiger partial charge on any atom is 0.139 e. The van der Waals surface area contributed by atoms with E-state index in [2.05, 4.69) is 5.32 Å². The van der Waals surface area contributed by atoms with Crippen LogP contribution in [-0.4, -0.2) is 16.5 Å². The first kappa shape index (κ1) is 9.80. The molecule has 0 fully saturated rings. The third-order valence-corrected chi connectivity index (χ3v) is 4.43. The van der Waals surface area contributed by atoms with E-state index in [0.29, 0.717) is 4.90 Å². The molecule has 76 valence electrons. The highest BCUT2D eigenvalue weighted by molar-refractivity contribution is 7.86. The van der Waals surface area contributed by atoms with Crippen molar-refractivity contribution in [1.29, 1.82) is 0 Å². The third kappa shape index (κ3) is 1.21. The Kier molecular flexibility index (Phi) is 2.41. The zero-order chi connectivity index (χ0) is 10.3. The van der Waals surface area contributed by atoms with Gasteiger partial charge >= 0.3 is 0 Å². The first-order valence-electron chi connectivity index (χ1n) is 4.53. The summed E-state index contributed by atoms with van der Waals surface area (Å²) < 4.78 is 25.2. The fourth-order valence-electron chi connectivity index (χ4n) is 1.94. The highest BCUT2D eigenvalue weighted by Gasteiger charge is 2.36. The molecule has 2 nitrogen and oxygen atoms in total. The van der Waals surface area contributed by atoms with Crippen LogP contribution in [-0.2, 0) is 10.8 Å². The molecule has 3 atom stereocenters. The van der Waals surface area contributed by atoms with Crippen LogP contribution >= 0.6 is 0 Å². The van der Waals surface area contributed by atoms with Gasteiger partial charge in [0.25, 0.3) is 0 Å². The molecule has 1 N–H and O–H groups in total. The summed E-state index contributed by atoms with van der Waals surface area (Å²) in [5.74, 6) is -0.356. The van der Waals surface area contributed by atoms with Gasteiger partial charge in [0, 0.05) is 6.04 Å². The molecular weight excluding hydrogens is 201 g/mol. The van der Waals surface area contributed by atoms with Crippen LogP contribution in [0.25, 0.3) is 0 Å². The lowest BCUT2D eigenvalue weighted by molar-refractivity contribution is 0.569. The molecule has 2 rings (SSSR count). The molecule has 3 unspecified atom stereocenters. The highest BCUT2D eigenvalue weighted by Crippen LogP contribution is 2.37. The van der Waals surface area contributed by atoms with Gasteiger partial charge in [0.15, 0.2) is 0 Å². The maximum atomic E-state index is 13.4. The topological polar surface area (TPSA) is 29.1 Å². The van der Waals surface area contributed by atoms with Gasteiger partial charge in [-0.25, -0.2) is 4.39 Å². The monoisotopic (exact) mass is 213 g/mol. The summed E-state index contributed by atoms with van der Waals surface area (Å²) in [4.78, 5) is 0.374. The van der Waals surface area contributed by atoms with Crippen molar-refractivity contribution in [1.82, 2.24) is 5.32 Å². The summed E-state index contributed by atoms with van der Waals surface area (Å²) >= 11 is 0. The number of fused-ring (bicyclic) bond motifs is 1. The Hall–Kier alpha value is -0.740. The molecule has 1 aliphatic rings. The standard InChI is InChI=1S/C10H12FNOS/c1-6-9(12-2)7-4-3-5-8(11)10(7)14(6)13/h3-6,9,12H,1-2H3. The molecule has 1 heterocycles. The van der Waals surface area contributed by atoms with Crippen LogP contribution in [0, 0.1) is 5.82 Å². The smallest absolute Gasteiger partial charge is 0.139 e. The van der Waals surface area contributed by atoms with Crippen molar-refractivity contribution in [2.45, 2.75) is 23.1 Å². The molecule has 0 radical (unpaired) electrons. The predicted molar refractivity (Wildman–Crippen MR) is 54.1 cm³/mol. The van der Waals surface area contributed by atoms with E-state index in [1.54, 1.807) is 13.1 Å². The van der Waals surface area contributed by atoms with Crippen molar-refractivity contribution in [3.63, 3.8) is 0 Å². The minimum absolute atomic E-state index is 0.00142. The van der Waals surface area contributed by atoms with Crippen molar-refractivity contribution in [2.75, 3.05) is 7.05 Å². The Morgan fingerprint density at radius 1 is 1.50 bits per heavy atom. The van der Waals surface area contributed by atoms with E-state index in [9.17, 15) is 8.60 Å². The molecule has 1 aromatic carbocycles. The van der Waals surface area contributed by atoms with Crippen LogP contribution in [0.4, 0.5) is 4.39 Å². The Bertz CT molecular complexity index is 394. The molecule has 1 aliphatic heterocycles. The molecule has 4 heteroatoms. The second-order valence-electron chi connectivity index (χ2n) is 3.43. The molecular formula is C10H12FNOS. The van der Waals surface area contributed by atoms with Crippen molar-refractivity contribution < 1.29 is 8.60 Å². The fourth-order valence-corrected chi connectivity index (χ4v) is 3.52. The first-order valence-corrected chi connectivity index (χ1v) is 5.74. The summed E-state index contributed by atoms with van der Waals surface area (Å²) in [6.45, 7) is 1.87. The number of hydrogen-bond acceptors (Lipinski definition) is 2. The quantitative estimate of drug-likeness (QED) is 0.767. The highest BCUT2D eigenvalue weighted by atomic mass is 32.2. The van der Waals surface area contributed by atoms with Gasteiger partial charge in [0.1, 0.15) is 5.82 Å². The summed E-state index contributed by atoms with van der Waals surface area (Å²) in [5.41, 5.74) is 0.832. The van der Waals surface area contributed by atoms with Crippen molar-refractivity contribution in [2.24, 2.45) is 0 Å². The van der Waals surface area contributed by atoms with Gasteiger partial charge in [0.2, 0.25) is 0 Å². The number of benzene rings is 1. The summed E-state index contributed by atoms with van der Waals surface area (Å²) in [5, 5.41) is 3.00. The van der Waals surface area contributed by atoms with Gasteiger partial charge in [-0.1, -0.05) is 12.1 Å². The summed E-state index contributed by atoms with van der Waals surface area (Å²) in [6, 6.07) is 4.86. The Labute approximate surface area is 85.0 Å². The Morgan fingerprint density at radius 2 is 2.21 bits per heavy atom. The van der Waals surface area contributed by atoms with E-state index in [1.165, 1.54) is 6.07 Å². The van der Waals surface area contributed by atoms with Crippen molar-refractivity contribution in [3.8, 4) is 0 Å². The maximum absolute atomic E-state index is 13.4. The molecule has 0 spiro atoms. The normalized spacial score (nSPS) is 30.4. The molecule has 0 aromatic heterocycles. The Balaban J connectivity index is 2.61. The van der Waals surface area contributed by atoms with Gasteiger partial charge in [-0.15, -0.1) is 0 Å². The molecule has 1 aromatic rings. The van der Waals surface area contributed by atoms with Crippen LogP contribution in [0.1, 0.15) is 18.5 Å². The number of halogens is 1. The van der Waals surface area contributed by atoms with E-state index >= 15 is 0 Å². The van der Waals surface area contributed by atoms with Crippen LogP contribution in [0.5, 0.6) is 0 Å². The third-order valence-electron chi connectivity index (χ3n) is 2.65. The average Bonchev–Trinajstić information content (AvgIpc) is 2.41. The van der Waals surface area contributed by atoms with Crippen molar-refractivity contribution in [3.05, 3.63) is 29.6 Å². The van der Waals surface area contributed by atoms with E-state index in [0.717, 1.165) is 5.56 Å². The van der Waals surface area contributed by atoms with Crippen LogP contribution in [0.3, 0.4) is 0 Å². The number of rotatable bonds is 1. The molecule has 0 aliphatic carbocycles. The first-order chi connectivity index (χ1) is 6.66. The largest absolute Gasteiger partial charge is 0.312 e. The molecule has 0 bridgehead atoms. The second-order valence-corrected chi connectivity index (χ2v) is 5.17. The zero-order valence-corrected chi connectivity index (χ0v) is 8.90. The minimum Gasteiger partial charge on any atom is -0.312 e. The SMILES string of the molecule is CNC1c2cccc(F)c2S(=O)C1C. The molecule has 0 amide bonds. The number of hydrogen-bond donors (Lipinski definition) is 1. The van der Waals surface area contributed by atoms with E-state index in [4.69, 9.17) is 0 Å². The van der Waals surface area contributed by atoms with Gasteiger partial charge in [0.05, 0.1) is 20.9 Å². The summed E-state index contributed by atoms with van der Waals surface area (Å²) in [7, 11) is 0.582. The van der Waals surface area contributed by atoms with Gasteiger partial charge in [-0.3, -0.25) is 4.21 Å². The van der Waals surface area contributed by atoms with Gasteiger partial charge in [-0.05, 0) is 25.6 Å². The Morgan fingerprint density at radius 3 is 2.86 bits per heavy atom. The fraction of sp³-hybridized carbons (Fsp3) is 0.400. The van der Waals surface area contributed by atoms with Crippen LogP contribution in [0.15, 0.2) is 23.1 Å². The zero-order valence-electron chi connectivity index (χ0n) is 8.08.